The van der Waals surface area contributed by atoms with E-state index in [-0.39, 0.29) is 0 Å². The van der Waals surface area contributed by atoms with Crippen molar-refractivity contribution in [3.05, 3.63) is 11.5 Å². The summed E-state index contributed by atoms with van der Waals surface area (Å²) < 4.78 is 12.9. The molecule has 0 N–H and O–H groups in total. The molecular formula is C6H11NOS. The van der Waals surface area contributed by atoms with E-state index in [1.807, 2.05) is 10.4 Å². The zero-order chi connectivity index (χ0) is 6.69. The van der Waals surface area contributed by atoms with Crippen LogP contribution in [0.25, 0.3) is 0 Å². The first-order valence-corrected chi connectivity index (χ1v) is 4.34. The van der Waals surface area contributed by atoms with E-state index in [9.17, 15) is 4.21 Å². The van der Waals surface area contributed by atoms with E-state index < -0.39 is 11.0 Å². The van der Waals surface area contributed by atoms with E-state index in [2.05, 4.69) is 6.92 Å². The summed E-state index contributed by atoms with van der Waals surface area (Å²) in [5.74, 6) is 0. The summed E-state index contributed by atoms with van der Waals surface area (Å²) in [7, 11) is -0.808. The second-order valence-corrected chi connectivity index (χ2v) is 3.38. The molecule has 0 amide bonds. The minimum Gasteiger partial charge on any atom is -0.238 e. The van der Waals surface area contributed by atoms with Crippen molar-refractivity contribution in [2.45, 2.75) is 13.3 Å². The van der Waals surface area contributed by atoms with Gasteiger partial charge in [0.1, 0.15) is 11.0 Å². The first-order valence-electron chi connectivity index (χ1n) is 3.17. The molecule has 9 heavy (non-hydrogen) atoms. The lowest BCUT2D eigenvalue weighted by Crippen LogP contribution is -2.21. The molecule has 0 aromatic heterocycles. The van der Waals surface area contributed by atoms with E-state index in [0.717, 1.165) is 19.5 Å². The average molecular weight is 145 g/mol. The number of hydrogen-bond donors (Lipinski definition) is 0. The molecule has 0 spiro atoms. The summed E-state index contributed by atoms with van der Waals surface area (Å²) in [6.07, 6.45) is 3.03. The van der Waals surface area contributed by atoms with Crippen LogP contribution in [0.4, 0.5) is 0 Å². The minimum atomic E-state index is -0.808. The third kappa shape index (κ3) is 1.63. The molecular weight excluding hydrogens is 134 g/mol. The highest BCUT2D eigenvalue weighted by Crippen LogP contribution is 2.05. The fourth-order valence-electron chi connectivity index (χ4n) is 0.833. The van der Waals surface area contributed by atoms with Gasteiger partial charge < -0.3 is 0 Å². The van der Waals surface area contributed by atoms with Gasteiger partial charge in [0.15, 0.2) is 0 Å². The minimum absolute atomic E-state index is 0.808. The fourth-order valence-corrected chi connectivity index (χ4v) is 1.85. The molecule has 3 heteroatoms. The van der Waals surface area contributed by atoms with Crippen LogP contribution in [0.3, 0.4) is 0 Å². The largest absolute Gasteiger partial charge is 0.238 e. The zero-order valence-corrected chi connectivity index (χ0v) is 6.36. The van der Waals surface area contributed by atoms with Crippen molar-refractivity contribution in [1.82, 2.24) is 4.31 Å². The molecule has 1 aliphatic heterocycles. The number of rotatable bonds is 2. The van der Waals surface area contributed by atoms with Crippen molar-refractivity contribution in [2.24, 2.45) is 0 Å². The highest BCUT2D eigenvalue weighted by molar-refractivity contribution is 7.85. The molecule has 1 aliphatic rings. The summed E-state index contributed by atoms with van der Waals surface area (Å²) in [5, 5.41) is 1.75. The summed E-state index contributed by atoms with van der Waals surface area (Å²) in [4.78, 5) is 0. The number of hydrogen-bond acceptors (Lipinski definition) is 1. The Morgan fingerprint density at radius 3 is 3.00 bits per heavy atom. The van der Waals surface area contributed by atoms with Crippen LogP contribution in [0, 0.1) is 0 Å². The molecule has 1 rings (SSSR count). The van der Waals surface area contributed by atoms with Crippen LogP contribution in [0.1, 0.15) is 13.3 Å². The maximum atomic E-state index is 10.9. The SMILES string of the molecule is CCCN1CC=CS1=O. The quantitative estimate of drug-likeness (QED) is 0.565. The van der Waals surface area contributed by atoms with Gasteiger partial charge in [0.05, 0.1) is 0 Å². The zero-order valence-electron chi connectivity index (χ0n) is 5.54. The van der Waals surface area contributed by atoms with Gasteiger partial charge in [-0.05, 0) is 6.42 Å². The van der Waals surface area contributed by atoms with Crippen molar-refractivity contribution in [3.63, 3.8) is 0 Å². The summed E-state index contributed by atoms with van der Waals surface area (Å²) >= 11 is 0. The maximum Gasteiger partial charge on any atom is 0.120 e. The molecule has 0 aromatic rings. The Balaban J connectivity index is 2.37. The molecule has 1 heterocycles. The van der Waals surface area contributed by atoms with E-state index in [0.29, 0.717) is 0 Å². The normalized spacial score (nSPS) is 27.4. The molecule has 2 nitrogen and oxygen atoms in total. The van der Waals surface area contributed by atoms with Gasteiger partial charge in [-0.25, -0.2) is 8.51 Å². The summed E-state index contributed by atoms with van der Waals surface area (Å²) in [6, 6.07) is 0. The molecule has 0 radical (unpaired) electrons. The lowest BCUT2D eigenvalue weighted by Gasteiger charge is -2.09. The van der Waals surface area contributed by atoms with E-state index >= 15 is 0 Å². The van der Waals surface area contributed by atoms with Gasteiger partial charge in [0.2, 0.25) is 0 Å². The van der Waals surface area contributed by atoms with Crippen molar-refractivity contribution in [3.8, 4) is 0 Å². The highest BCUT2D eigenvalue weighted by Gasteiger charge is 2.11. The lowest BCUT2D eigenvalue weighted by atomic mass is 10.5. The third-order valence-corrected chi connectivity index (χ3v) is 2.52. The second-order valence-electron chi connectivity index (χ2n) is 2.04. The maximum absolute atomic E-state index is 10.9. The molecule has 0 fully saturated rings. The van der Waals surface area contributed by atoms with Gasteiger partial charge in [-0.1, -0.05) is 13.0 Å². The van der Waals surface area contributed by atoms with E-state index in [1.165, 1.54) is 0 Å². The second kappa shape index (κ2) is 3.13. The molecule has 52 valence electrons. The van der Waals surface area contributed by atoms with Crippen LogP contribution in [0.2, 0.25) is 0 Å². The van der Waals surface area contributed by atoms with Gasteiger partial charge in [-0.2, -0.15) is 0 Å². The first kappa shape index (κ1) is 6.96. The molecule has 0 saturated heterocycles. The molecule has 1 unspecified atom stereocenters. The fraction of sp³-hybridized carbons (Fsp3) is 0.667. The van der Waals surface area contributed by atoms with Crippen LogP contribution in [-0.4, -0.2) is 21.6 Å². The monoisotopic (exact) mass is 145 g/mol. The predicted molar refractivity (Wildman–Crippen MR) is 39.1 cm³/mol. The first-order chi connectivity index (χ1) is 4.34. The predicted octanol–water partition coefficient (Wildman–Crippen LogP) is 0.889. The molecule has 0 aromatic carbocycles. The van der Waals surface area contributed by atoms with Gasteiger partial charge in [0.25, 0.3) is 0 Å². The Morgan fingerprint density at radius 2 is 2.56 bits per heavy atom. The van der Waals surface area contributed by atoms with Gasteiger partial charge in [0, 0.05) is 18.5 Å². The number of nitrogens with zero attached hydrogens (tertiary/aromatic N) is 1. The molecule has 0 bridgehead atoms. The average Bonchev–Trinajstić information content (AvgIpc) is 2.18. The third-order valence-electron chi connectivity index (χ3n) is 1.25. The van der Waals surface area contributed by atoms with Crippen LogP contribution >= 0.6 is 0 Å². The van der Waals surface area contributed by atoms with Crippen molar-refractivity contribution >= 4 is 11.0 Å². The van der Waals surface area contributed by atoms with Crippen LogP contribution in [0.5, 0.6) is 0 Å². The van der Waals surface area contributed by atoms with Gasteiger partial charge in [-0.3, -0.25) is 0 Å². The molecule has 0 aliphatic carbocycles. The Labute approximate surface area is 58.1 Å². The van der Waals surface area contributed by atoms with Crippen molar-refractivity contribution < 1.29 is 4.21 Å². The molecule has 1 atom stereocenters. The van der Waals surface area contributed by atoms with Crippen LogP contribution < -0.4 is 0 Å². The van der Waals surface area contributed by atoms with Crippen LogP contribution in [0.15, 0.2) is 11.5 Å². The lowest BCUT2D eigenvalue weighted by molar-refractivity contribution is 0.496. The Bertz CT molecular complexity index is 144. The van der Waals surface area contributed by atoms with Gasteiger partial charge >= 0.3 is 0 Å². The summed E-state index contributed by atoms with van der Waals surface area (Å²) in [6.45, 7) is 3.90. The Morgan fingerprint density at radius 1 is 1.78 bits per heavy atom. The molecule has 0 saturated carbocycles. The van der Waals surface area contributed by atoms with Crippen LogP contribution in [-0.2, 0) is 11.0 Å². The van der Waals surface area contributed by atoms with E-state index in [1.54, 1.807) is 5.41 Å². The topological polar surface area (TPSA) is 20.3 Å². The Hall–Kier alpha value is -0.150. The van der Waals surface area contributed by atoms with Crippen molar-refractivity contribution in [2.75, 3.05) is 13.1 Å². The summed E-state index contributed by atoms with van der Waals surface area (Å²) in [5.41, 5.74) is 0. The highest BCUT2D eigenvalue weighted by atomic mass is 32.2. The van der Waals surface area contributed by atoms with Gasteiger partial charge in [-0.15, -0.1) is 0 Å². The standard InChI is InChI=1S/C6H11NOS/c1-2-4-7-5-3-6-9(7)8/h3,6H,2,4-5H2,1H3. The smallest absolute Gasteiger partial charge is 0.120 e. The van der Waals surface area contributed by atoms with E-state index in [4.69, 9.17) is 0 Å². The Kier molecular flexibility index (Phi) is 2.42. The van der Waals surface area contributed by atoms with Crippen molar-refractivity contribution in [1.29, 1.82) is 0 Å².